The first-order valence-corrected chi connectivity index (χ1v) is 9.26. The minimum Gasteiger partial charge on any atom is -0.497 e. The molecule has 2 aromatic carbocycles. The first kappa shape index (κ1) is 18.6. The van der Waals surface area contributed by atoms with E-state index in [0.717, 1.165) is 33.5 Å². The lowest BCUT2D eigenvalue weighted by atomic mass is 10.1. The maximum Gasteiger partial charge on any atom is 0.250 e. The predicted octanol–water partition coefficient (Wildman–Crippen LogP) is 3.73. The number of hydrogen-bond acceptors (Lipinski definition) is 5. The van der Waals surface area contributed by atoms with E-state index in [1.807, 2.05) is 54.7 Å². The lowest BCUT2D eigenvalue weighted by Gasteiger charge is -2.12. The summed E-state index contributed by atoms with van der Waals surface area (Å²) in [5.74, 6) is 1.46. The topological polar surface area (TPSA) is 79.4 Å². The molecule has 0 saturated heterocycles. The summed E-state index contributed by atoms with van der Waals surface area (Å²) in [6.45, 7) is 0.778. The van der Waals surface area contributed by atoms with Crippen LogP contribution in [-0.4, -0.2) is 23.3 Å². The lowest BCUT2D eigenvalue weighted by Crippen LogP contribution is -2.22. The van der Waals surface area contributed by atoms with Crippen molar-refractivity contribution >= 4 is 16.6 Å². The van der Waals surface area contributed by atoms with E-state index in [2.05, 4.69) is 4.98 Å². The van der Waals surface area contributed by atoms with Gasteiger partial charge in [-0.05, 0) is 47.5 Å². The van der Waals surface area contributed by atoms with E-state index in [4.69, 9.17) is 15.2 Å². The van der Waals surface area contributed by atoms with Gasteiger partial charge in [-0.2, -0.15) is 0 Å². The van der Waals surface area contributed by atoms with Crippen LogP contribution in [-0.2, 0) is 6.54 Å². The molecular weight excluding hydrogens is 366 g/mol. The van der Waals surface area contributed by atoms with Gasteiger partial charge in [-0.15, -0.1) is 0 Å². The van der Waals surface area contributed by atoms with Crippen molar-refractivity contribution in [1.82, 2.24) is 9.55 Å². The van der Waals surface area contributed by atoms with Crippen LogP contribution in [0.3, 0.4) is 0 Å². The molecule has 2 heterocycles. The molecule has 6 heteroatoms. The number of fused-ring (bicyclic) bond motifs is 1. The Morgan fingerprint density at radius 3 is 2.76 bits per heavy atom. The molecule has 4 rings (SSSR count). The Balaban J connectivity index is 1.52. The third-order valence-corrected chi connectivity index (χ3v) is 4.70. The molecule has 0 bridgehead atoms. The molecule has 4 aromatic rings. The fraction of sp³-hybridized carbons (Fsp3) is 0.130. The molecule has 2 N–H and O–H groups in total. The number of pyridine rings is 2. The van der Waals surface area contributed by atoms with E-state index >= 15 is 0 Å². The molecule has 6 nitrogen and oxygen atoms in total. The number of nitrogens with zero attached hydrogens (tertiary/aromatic N) is 2. The molecule has 0 aliphatic rings. The standard InChI is InChI=1S/C23H21N3O3/c1-28-19-6-7-20-21(14-19)25-10-9-22(20)29-12-11-26-15-17(5-8-23(26)27)16-3-2-4-18(24)13-16/h2-10,13-15H,11-12,24H2,1H3. The summed E-state index contributed by atoms with van der Waals surface area (Å²) in [6.07, 6.45) is 3.53. The molecule has 0 fully saturated rings. The minimum atomic E-state index is -0.0782. The average molecular weight is 387 g/mol. The Kier molecular flexibility index (Phi) is 5.16. The van der Waals surface area contributed by atoms with Crippen molar-refractivity contribution in [2.45, 2.75) is 6.54 Å². The zero-order valence-corrected chi connectivity index (χ0v) is 16.0. The van der Waals surface area contributed by atoms with Gasteiger partial charge in [-0.1, -0.05) is 12.1 Å². The highest BCUT2D eigenvalue weighted by molar-refractivity contribution is 5.85. The molecule has 0 spiro atoms. The summed E-state index contributed by atoms with van der Waals surface area (Å²) in [5.41, 5.74) is 9.17. The highest BCUT2D eigenvalue weighted by Crippen LogP contribution is 2.27. The van der Waals surface area contributed by atoms with E-state index in [9.17, 15) is 4.79 Å². The summed E-state index contributed by atoms with van der Waals surface area (Å²) in [6, 6.07) is 18.4. The minimum absolute atomic E-state index is 0.0782. The fourth-order valence-corrected chi connectivity index (χ4v) is 3.20. The molecule has 0 unspecified atom stereocenters. The maximum atomic E-state index is 12.3. The summed E-state index contributed by atoms with van der Waals surface area (Å²) < 4.78 is 12.8. The highest BCUT2D eigenvalue weighted by Gasteiger charge is 2.06. The van der Waals surface area contributed by atoms with E-state index in [0.29, 0.717) is 18.8 Å². The van der Waals surface area contributed by atoms with E-state index in [-0.39, 0.29) is 5.56 Å². The first-order valence-electron chi connectivity index (χ1n) is 9.26. The number of anilines is 1. The van der Waals surface area contributed by atoms with Gasteiger partial charge in [-0.25, -0.2) is 0 Å². The fourth-order valence-electron chi connectivity index (χ4n) is 3.20. The van der Waals surface area contributed by atoms with Crippen LogP contribution in [0.4, 0.5) is 5.69 Å². The van der Waals surface area contributed by atoms with Crippen LogP contribution in [0, 0.1) is 0 Å². The number of hydrogen-bond donors (Lipinski definition) is 1. The third kappa shape index (κ3) is 4.06. The van der Waals surface area contributed by atoms with Crippen molar-refractivity contribution in [1.29, 1.82) is 0 Å². The number of nitrogens with two attached hydrogens (primary N) is 1. The number of nitrogen functional groups attached to an aromatic ring is 1. The second kappa shape index (κ2) is 8.06. The first-order chi connectivity index (χ1) is 14.1. The Morgan fingerprint density at radius 2 is 1.93 bits per heavy atom. The average Bonchev–Trinajstić information content (AvgIpc) is 2.74. The number of ether oxygens (including phenoxy) is 2. The summed E-state index contributed by atoms with van der Waals surface area (Å²) >= 11 is 0. The molecule has 146 valence electrons. The van der Waals surface area contributed by atoms with E-state index in [1.54, 1.807) is 30.0 Å². The van der Waals surface area contributed by atoms with Crippen LogP contribution in [0.25, 0.3) is 22.0 Å². The van der Waals surface area contributed by atoms with Crippen molar-refractivity contribution in [3.63, 3.8) is 0 Å². The van der Waals surface area contributed by atoms with Gasteiger partial charge >= 0.3 is 0 Å². The Bertz CT molecular complexity index is 1220. The molecule has 0 radical (unpaired) electrons. The van der Waals surface area contributed by atoms with Gasteiger partial charge in [0.1, 0.15) is 18.1 Å². The second-order valence-electron chi connectivity index (χ2n) is 6.62. The Morgan fingerprint density at radius 1 is 1.03 bits per heavy atom. The number of benzene rings is 2. The Hall–Kier alpha value is -3.80. The molecule has 0 amide bonds. The smallest absolute Gasteiger partial charge is 0.250 e. The summed E-state index contributed by atoms with van der Waals surface area (Å²) in [5, 5.41) is 0.897. The van der Waals surface area contributed by atoms with Crippen LogP contribution < -0.4 is 20.8 Å². The van der Waals surface area contributed by atoms with Crippen molar-refractivity contribution in [3.05, 3.63) is 83.4 Å². The number of rotatable bonds is 6. The normalized spacial score (nSPS) is 10.8. The van der Waals surface area contributed by atoms with Crippen LogP contribution in [0.2, 0.25) is 0 Å². The van der Waals surface area contributed by atoms with Gasteiger partial charge in [0.2, 0.25) is 0 Å². The summed E-state index contributed by atoms with van der Waals surface area (Å²) in [4.78, 5) is 16.6. The second-order valence-corrected chi connectivity index (χ2v) is 6.62. The molecule has 0 aliphatic heterocycles. The molecule has 0 atom stereocenters. The monoisotopic (exact) mass is 387 g/mol. The zero-order chi connectivity index (χ0) is 20.2. The number of aromatic nitrogens is 2. The van der Waals surface area contributed by atoms with E-state index in [1.165, 1.54) is 0 Å². The maximum absolute atomic E-state index is 12.3. The van der Waals surface area contributed by atoms with Crippen LogP contribution in [0.1, 0.15) is 0 Å². The predicted molar refractivity (Wildman–Crippen MR) is 114 cm³/mol. The van der Waals surface area contributed by atoms with Gasteiger partial charge in [0.15, 0.2) is 0 Å². The summed E-state index contributed by atoms with van der Waals surface area (Å²) in [7, 11) is 1.62. The van der Waals surface area contributed by atoms with Crippen molar-refractivity contribution < 1.29 is 9.47 Å². The largest absolute Gasteiger partial charge is 0.497 e. The zero-order valence-electron chi connectivity index (χ0n) is 16.0. The van der Waals surface area contributed by atoms with Gasteiger partial charge in [0.25, 0.3) is 5.56 Å². The van der Waals surface area contributed by atoms with Crippen LogP contribution in [0.15, 0.2) is 77.9 Å². The number of methoxy groups -OCH3 is 1. The van der Waals surface area contributed by atoms with Crippen molar-refractivity contribution in [2.75, 3.05) is 19.5 Å². The molecule has 0 saturated carbocycles. The quantitative estimate of drug-likeness (QED) is 0.510. The van der Waals surface area contributed by atoms with Gasteiger partial charge < -0.3 is 19.8 Å². The van der Waals surface area contributed by atoms with Crippen molar-refractivity contribution in [2.24, 2.45) is 0 Å². The SMILES string of the molecule is COc1ccc2c(OCCn3cc(-c4cccc(N)c4)ccc3=O)ccnc2c1. The van der Waals surface area contributed by atoms with Crippen LogP contribution in [0.5, 0.6) is 11.5 Å². The van der Waals surface area contributed by atoms with Gasteiger partial charge in [0.05, 0.1) is 19.2 Å². The lowest BCUT2D eigenvalue weighted by molar-refractivity contribution is 0.299. The van der Waals surface area contributed by atoms with Gasteiger partial charge in [-0.3, -0.25) is 9.78 Å². The van der Waals surface area contributed by atoms with Crippen molar-refractivity contribution in [3.8, 4) is 22.6 Å². The third-order valence-electron chi connectivity index (χ3n) is 4.70. The Labute approximate surface area is 168 Å². The van der Waals surface area contributed by atoms with Gasteiger partial charge in [0, 0.05) is 35.6 Å². The van der Waals surface area contributed by atoms with Crippen LogP contribution >= 0.6 is 0 Å². The molecule has 0 aliphatic carbocycles. The highest BCUT2D eigenvalue weighted by atomic mass is 16.5. The molecule has 29 heavy (non-hydrogen) atoms. The molecule has 2 aromatic heterocycles. The van der Waals surface area contributed by atoms with E-state index < -0.39 is 0 Å². The molecular formula is C23H21N3O3.